The minimum absolute atomic E-state index is 0. The molecule has 0 fully saturated rings. The first-order valence-electron chi connectivity index (χ1n) is 2.75. The second-order valence-electron chi connectivity index (χ2n) is 1.87. The van der Waals surface area contributed by atoms with Crippen molar-refractivity contribution in [3.8, 4) is 0 Å². The summed E-state index contributed by atoms with van der Waals surface area (Å²) < 4.78 is 0. The molecule has 2 N–H and O–H groups in total. The molecule has 1 amide bonds. The van der Waals surface area contributed by atoms with Gasteiger partial charge in [0.25, 0.3) is 0 Å². The van der Waals surface area contributed by atoms with Gasteiger partial charge in [-0.15, -0.1) is 24.0 Å². The molecule has 4 heteroatoms. The van der Waals surface area contributed by atoms with Crippen molar-refractivity contribution in [1.82, 2.24) is 0 Å². The summed E-state index contributed by atoms with van der Waals surface area (Å²) in [6, 6.07) is 6.43. The third kappa shape index (κ3) is 3.07. The van der Waals surface area contributed by atoms with E-state index in [4.69, 9.17) is 17.3 Å². The van der Waals surface area contributed by atoms with E-state index in [0.29, 0.717) is 10.6 Å². The van der Waals surface area contributed by atoms with Gasteiger partial charge in [0.2, 0.25) is 5.91 Å². The van der Waals surface area contributed by atoms with Crippen LogP contribution in [0.5, 0.6) is 0 Å². The number of rotatable bonds is 1. The highest BCUT2D eigenvalue weighted by Gasteiger charge is 1.96. The van der Waals surface area contributed by atoms with E-state index in [1.165, 1.54) is 0 Å². The Bertz CT molecular complexity index is 247. The highest BCUT2D eigenvalue weighted by atomic mass is 127. The number of benzene rings is 1. The van der Waals surface area contributed by atoms with Crippen LogP contribution in [0.3, 0.4) is 0 Å². The summed E-state index contributed by atoms with van der Waals surface area (Å²) in [5.41, 5.74) is 5.46. The van der Waals surface area contributed by atoms with Crippen molar-refractivity contribution in [1.29, 1.82) is 0 Å². The Hall–Kier alpha value is -0.290. The van der Waals surface area contributed by atoms with Crippen LogP contribution in [0, 0.1) is 0 Å². The van der Waals surface area contributed by atoms with Crippen LogP contribution in [0.25, 0.3) is 0 Å². The van der Waals surface area contributed by atoms with Crippen LogP contribution in [-0.2, 0) is 0 Å². The number of hydrogen-bond acceptors (Lipinski definition) is 1. The maximum atomic E-state index is 10.5. The number of halogens is 2. The molecular formula is C7H7ClINO. The molecule has 0 heterocycles. The molecule has 0 aliphatic heterocycles. The lowest BCUT2D eigenvalue weighted by atomic mass is 10.2. The Morgan fingerprint density at radius 1 is 1.27 bits per heavy atom. The number of hydrogen-bond donors (Lipinski definition) is 1. The van der Waals surface area contributed by atoms with Crippen molar-refractivity contribution in [2.45, 2.75) is 0 Å². The highest BCUT2D eigenvalue weighted by molar-refractivity contribution is 14.0. The number of carbonyl (C=O) groups is 1. The molecule has 0 saturated heterocycles. The van der Waals surface area contributed by atoms with Crippen LogP contribution >= 0.6 is 35.6 Å². The Kier molecular flexibility index (Phi) is 4.44. The summed E-state index contributed by atoms with van der Waals surface area (Å²) >= 11 is 5.56. The summed E-state index contributed by atoms with van der Waals surface area (Å²) in [4.78, 5) is 10.5. The molecule has 60 valence electrons. The molecule has 0 spiro atoms. The van der Waals surface area contributed by atoms with Gasteiger partial charge < -0.3 is 5.73 Å². The first-order chi connectivity index (χ1) is 4.70. The van der Waals surface area contributed by atoms with Crippen LogP contribution in [0.4, 0.5) is 0 Å². The minimum atomic E-state index is -0.434. The van der Waals surface area contributed by atoms with E-state index in [1.807, 2.05) is 0 Å². The molecule has 0 atom stereocenters. The molecule has 1 rings (SSSR count). The maximum Gasteiger partial charge on any atom is 0.248 e. The van der Waals surface area contributed by atoms with Gasteiger partial charge in [-0.25, -0.2) is 0 Å². The molecular weight excluding hydrogens is 276 g/mol. The van der Waals surface area contributed by atoms with Crippen molar-refractivity contribution in [2.75, 3.05) is 0 Å². The summed E-state index contributed by atoms with van der Waals surface area (Å²) in [5.74, 6) is -0.434. The van der Waals surface area contributed by atoms with Crippen LogP contribution < -0.4 is 5.73 Å². The Morgan fingerprint density at radius 3 is 2.09 bits per heavy atom. The fraction of sp³-hybridized carbons (Fsp3) is 0. The van der Waals surface area contributed by atoms with E-state index in [2.05, 4.69) is 0 Å². The molecule has 0 saturated carbocycles. The van der Waals surface area contributed by atoms with Crippen LogP contribution in [-0.4, -0.2) is 5.91 Å². The van der Waals surface area contributed by atoms with Crippen molar-refractivity contribution in [3.63, 3.8) is 0 Å². The maximum absolute atomic E-state index is 10.5. The standard InChI is InChI=1S/C7H6ClNO.HI/c8-6-3-1-5(2-4-6)7(9)10;/h1-4H,(H2,9,10);1H. The zero-order valence-electron chi connectivity index (χ0n) is 5.58. The van der Waals surface area contributed by atoms with Gasteiger partial charge in [0, 0.05) is 10.6 Å². The Labute approximate surface area is 86.7 Å². The summed E-state index contributed by atoms with van der Waals surface area (Å²) in [6.07, 6.45) is 0. The van der Waals surface area contributed by atoms with Gasteiger partial charge in [-0.1, -0.05) is 11.6 Å². The van der Waals surface area contributed by atoms with E-state index >= 15 is 0 Å². The number of primary amides is 1. The van der Waals surface area contributed by atoms with Crippen molar-refractivity contribution in [2.24, 2.45) is 5.73 Å². The third-order valence-electron chi connectivity index (χ3n) is 1.13. The Morgan fingerprint density at radius 2 is 1.73 bits per heavy atom. The quantitative estimate of drug-likeness (QED) is 0.788. The fourth-order valence-corrected chi connectivity index (χ4v) is 0.740. The normalized spacial score (nSPS) is 8.45. The fourth-order valence-electron chi connectivity index (χ4n) is 0.614. The molecule has 11 heavy (non-hydrogen) atoms. The molecule has 0 radical (unpaired) electrons. The van der Waals surface area contributed by atoms with Gasteiger partial charge in [-0.05, 0) is 24.3 Å². The van der Waals surface area contributed by atoms with E-state index in [0.717, 1.165) is 0 Å². The van der Waals surface area contributed by atoms with Gasteiger partial charge in [-0.2, -0.15) is 0 Å². The van der Waals surface area contributed by atoms with Crippen molar-refractivity contribution >= 4 is 41.5 Å². The van der Waals surface area contributed by atoms with Crippen LogP contribution in [0.2, 0.25) is 5.02 Å². The number of carbonyl (C=O) groups excluding carboxylic acids is 1. The largest absolute Gasteiger partial charge is 0.366 e. The number of amides is 1. The summed E-state index contributed by atoms with van der Waals surface area (Å²) in [5, 5.41) is 0.602. The lowest BCUT2D eigenvalue weighted by Gasteiger charge is -1.92. The van der Waals surface area contributed by atoms with Crippen LogP contribution in [0.15, 0.2) is 24.3 Å². The molecule has 1 aromatic rings. The van der Waals surface area contributed by atoms with Gasteiger partial charge in [0.05, 0.1) is 0 Å². The van der Waals surface area contributed by atoms with E-state index in [-0.39, 0.29) is 24.0 Å². The Balaban J connectivity index is 0.000001000. The van der Waals surface area contributed by atoms with Crippen molar-refractivity contribution in [3.05, 3.63) is 34.9 Å². The molecule has 1 aromatic carbocycles. The van der Waals surface area contributed by atoms with Gasteiger partial charge in [0.1, 0.15) is 0 Å². The second kappa shape index (κ2) is 4.56. The van der Waals surface area contributed by atoms with E-state index in [1.54, 1.807) is 24.3 Å². The predicted molar refractivity (Wildman–Crippen MR) is 55.4 cm³/mol. The first kappa shape index (κ1) is 10.7. The first-order valence-corrected chi connectivity index (χ1v) is 3.13. The molecule has 0 aromatic heterocycles. The van der Waals surface area contributed by atoms with Crippen LogP contribution in [0.1, 0.15) is 10.4 Å². The molecule has 0 bridgehead atoms. The van der Waals surface area contributed by atoms with E-state index in [9.17, 15) is 4.79 Å². The average Bonchev–Trinajstić information content (AvgIpc) is 1.88. The minimum Gasteiger partial charge on any atom is -0.366 e. The number of nitrogens with two attached hydrogens (primary N) is 1. The van der Waals surface area contributed by atoms with Gasteiger partial charge in [-0.3, -0.25) is 4.79 Å². The lowest BCUT2D eigenvalue weighted by Crippen LogP contribution is -2.10. The SMILES string of the molecule is I.NC(=O)c1ccc(Cl)cc1. The second-order valence-corrected chi connectivity index (χ2v) is 2.31. The zero-order chi connectivity index (χ0) is 7.56. The average molecular weight is 283 g/mol. The van der Waals surface area contributed by atoms with Gasteiger partial charge in [0.15, 0.2) is 0 Å². The van der Waals surface area contributed by atoms with E-state index < -0.39 is 5.91 Å². The highest BCUT2D eigenvalue weighted by Crippen LogP contribution is 2.08. The predicted octanol–water partition coefficient (Wildman–Crippen LogP) is 2.06. The molecule has 0 aliphatic rings. The third-order valence-corrected chi connectivity index (χ3v) is 1.38. The van der Waals surface area contributed by atoms with Gasteiger partial charge >= 0.3 is 0 Å². The topological polar surface area (TPSA) is 43.1 Å². The monoisotopic (exact) mass is 283 g/mol. The smallest absolute Gasteiger partial charge is 0.248 e. The molecule has 0 unspecified atom stereocenters. The lowest BCUT2D eigenvalue weighted by molar-refractivity contribution is 0.100. The zero-order valence-corrected chi connectivity index (χ0v) is 8.67. The van der Waals surface area contributed by atoms with Crippen molar-refractivity contribution < 1.29 is 4.79 Å². The molecule has 2 nitrogen and oxygen atoms in total. The summed E-state index contributed by atoms with van der Waals surface area (Å²) in [7, 11) is 0. The molecule has 0 aliphatic carbocycles. The summed E-state index contributed by atoms with van der Waals surface area (Å²) in [6.45, 7) is 0.